The first-order chi connectivity index (χ1) is 8.92. The Morgan fingerprint density at radius 2 is 2.00 bits per heavy atom. The van der Waals surface area contributed by atoms with E-state index in [0.29, 0.717) is 6.54 Å². The highest BCUT2D eigenvalue weighted by atomic mass is 16.6. The van der Waals surface area contributed by atoms with Gasteiger partial charge in [-0.2, -0.15) is 5.26 Å². The summed E-state index contributed by atoms with van der Waals surface area (Å²) in [6, 6.07) is 11.1. The number of nitrogens with one attached hydrogen (secondary N) is 1. The van der Waals surface area contributed by atoms with Crippen molar-refractivity contribution in [3.05, 3.63) is 35.9 Å². The summed E-state index contributed by atoms with van der Waals surface area (Å²) in [4.78, 5) is 11.9. The summed E-state index contributed by atoms with van der Waals surface area (Å²) in [5.41, 5.74) is 0.521. The van der Waals surface area contributed by atoms with Crippen LogP contribution in [0.5, 0.6) is 0 Å². The first-order valence-corrected chi connectivity index (χ1v) is 6.29. The first kappa shape index (κ1) is 15.2. The van der Waals surface area contributed by atoms with Gasteiger partial charge in [0.15, 0.2) is 0 Å². The van der Waals surface area contributed by atoms with Gasteiger partial charge in [0.2, 0.25) is 0 Å². The lowest BCUT2D eigenvalue weighted by Crippen LogP contribution is -2.40. The van der Waals surface area contributed by atoms with Gasteiger partial charge in [0, 0.05) is 6.54 Å². The molecule has 0 heterocycles. The Hall–Kier alpha value is -1.86. The van der Waals surface area contributed by atoms with Crippen LogP contribution >= 0.6 is 0 Å². The number of rotatable bonds is 5. The smallest absolute Gasteiger partial charge is 0.324 e. The van der Waals surface area contributed by atoms with Gasteiger partial charge in [-0.05, 0) is 26.3 Å². The van der Waals surface area contributed by atoms with Gasteiger partial charge < -0.3 is 4.74 Å². The predicted molar refractivity (Wildman–Crippen MR) is 73.1 cm³/mol. The third-order valence-corrected chi connectivity index (χ3v) is 2.38. The minimum atomic E-state index is -0.593. The number of benzene rings is 1. The molecule has 0 saturated carbocycles. The Morgan fingerprint density at radius 1 is 1.37 bits per heavy atom. The van der Waals surface area contributed by atoms with Gasteiger partial charge in [-0.3, -0.25) is 10.1 Å². The van der Waals surface area contributed by atoms with E-state index in [2.05, 4.69) is 5.32 Å². The molecule has 1 atom stereocenters. The molecule has 0 amide bonds. The van der Waals surface area contributed by atoms with E-state index in [-0.39, 0.29) is 12.4 Å². The first-order valence-electron chi connectivity index (χ1n) is 6.29. The summed E-state index contributed by atoms with van der Waals surface area (Å²) in [5, 5.41) is 11.8. The number of ether oxygens (including phenoxy) is 1. The maximum absolute atomic E-state index is 11.9. The van der Waals surface area contributed by atoms with Crippen LogP contribution in [0.25, 0.3) is 0 Å². The average Bonchev–Trinajstić information content (AvgIpc) is 2.33. The number of hydrogen-bond acceptors (Lipinski definition) is 4. The van der Waals surface area contributed by atoms with Crippen LogP contribution < -0.4 is 5.32 Å². The van der Waals surface area contributed by atoms with E-state index in [1.807, 2.05) is 57.2 Å². The maximum atomic E-state index is 11.9. The second-order valence-corrected chi connectivity index (χ2v) is 5.31. The number of carbonyl (C=O) groups excluding carboxylic acids is 1. The number of nitrogens with zero attached hydrogens (tertiary/aromatic N) is 1. The highest BCUT2D eigenvalue weighted by molar-refractivity contribution is 5.76. The summed E-state index contributed by atoms with van der Waals surface area (Å²) >= 11 is 0. The lowest BCUT2D eigenvalue weighted by atomic mass is 10.1. The molecule has 19 heavy (non-hydrogen) atoms. The minimum absolute atomic E-state index is 0.0990. The third-order valence-electron chi connectivity index (χ3n) is 2.38. The topological polar surface area (TPSA) is 62.1 Å². The molecule has 1 aromatic carbocycles. The fourth-order valence-corrected chi connectivity index (χ4v) is 1.54. The van der Waals surface area contributed by atoms with E-state index in [1.54, 1.807) is 0 Å². The van der Waals surface area contributed by atoms with Gasteiger partial charge in [-0.1, -0.05) is 30.3 Å². The van der Waals surface area contributed by atoms with Crippen LogP contribution in [-0.2, 0) is 16.1 Å². The van der Waals surface area contributed by atoms with Crippen molar-refractivity contribution >= 4 is 5.97 Å². The van der Waals surface area contributed by atoms with Crippen LogP contribution in [0.1, 0.15) is 32.8 Å². The maximum Gasteiger partial charge on any atom is 0.324 e. The van der Waals surface area contributed by atoms with Crippen LogP contribution in [0.3, 0.4) is 0 Å². The van der Waals surface area contributed by atoms with Crippen molar-refractivity contribution in [3.8, 4) is 6.07 Å². The zero-order valence-electron chi connectivity index (χ0n) is 11.6. The summed E-state index contributed by atoms with van der Waals surface area (Å²) in [7, 11) is 0. The SMILES string of the molecule is CC(C)(C)OC(=O)C(CC#N)NCc1ccccc1. The van der Waals surface area contributed by atoms with Crippen molar-refractivity contribution in [1.29, 1.82) is 5.26 Å². The summed E-state index contributed by atoms with van der Waals surface area (Å²) in [6.45, 7) is 5.97. The number of nitriles is 1. The van der Waals surface area contributed by atoms with E-state index >= 15 is 0 Å². The van der Waals surface area contributed by atoms with Gasteiger partial charge in [0.25, 0.3) is 0 Å². The van der Waals surface area contributed by atoms with Crippen molar-refractivity contribution in [2.75, 3.05) is 0 Å². The zero-order valence-corrected chi connectivity index (χ0v) is 11.6. The Morgan fingerprint density at radius 3 is 2.53 bits per heavy atom. The fraction of sp³-hybridized carbons (Fsp3) is 0.467. The van der Waals surface area contributed by atoms with Crippen LogP contribution in [0.15, 0.2) is 30.3 Å². The van der Waals surface area contributed by atoms with Gasteiger partial charge in [-0.25, -0.2) is 0 Å². The van der Waals surface area contributed by atoms with Crippen molar-refractivity contribution < 1.29 is 9.53 Å². The fourth-order valence-electron chi connectivity index (χ4n) is 1.54. The van der Waals surface area contributed by atoms with Gasteiger partial charge >= 0.3 is 5.97 Å². The number of carbonyl (C=O) groups is 1. The molecule has 0 aliphatic carbocycles. The second-order valence-electron chi connectivity index (χ2n) is 5.31. The van der Waals surface area contributed by atoms with Crippen LogP contribution in [0, 0.1) is 11.3 Å². The lowest BCUT2D eigenvalue weighted by molar-refractivity contribution is -0.157. The third kappa shape index (κ3) is 6.03. The molecule has 0 radical (unpaired) electrons. The zero-order chi connectivity index (χ0) is 14.3. The highest BCUT2D eigenvalue weighted by Crippen LogP contribution is 2.10. The molecular weight excluding hydrogens is 240 g/mol. The van der Waals surface area contributed by atoms with Crippen molar-refractivity contribution in [2.24, 2.45) is 0 Å². The largest absolute Gasteiger partial charge is 0.459 e. The molecule has 1 unspecified atom stereocenters. The predicted octanol–water partition coefficient (Wildman–Crippen LogP) is 2.40. The van der Waals surface area contributed by atoms with E-state index in [9.17, 15) is 4.79 Å². The van der Waals surface area contributed by atoms with Gasteiger partial charge in [-0.15, -0.1) is 0 Å². The van der Waals surface area contributed by atoms with Crippen LogP contribution in [-0.4, -0.2) is 17.6 Å². The Labute approximate surface area is 114 Å². The summed E-state index contributed by atoms with van der Waals surface area (Å²) < 4.78 is 5.29. The summed E-state index contributed by atoms with van der Waals surface area (Å²) in [6.07, 6.45) is 0.0990. The molecule has 0 aliphatic heterocycles. The van der Waals surface area contributed by atoms with Crippen LogP contribution in [0.4, 0.5) is 0 Å². The Balaban J connectivity index is 2.58. The standard InChI is InChI=1S/C15H20N2O2/c1-15(2,3)19-14(18)13(9-10-16)17-11-12-7-5-4-6-8-12/h4-8,13,17H,9,11H2,1-3H3. The molecule has 0 bridgehead atoms. The van der Waals surface area contributed by atoms with E-state index in [1.165, 1.54) is 0 Å². The molecule has 0 fully saturated rings. The molecule has 0 aliphatic rings. The van der Waals surface area contributed by atoms with Gasteiger partial charge in [0.1, 0.15) is 11.6 Å². The van der Waals surface area contributed by atoms with Crippen molar-refractivity contribution in [3.63, 3.8) is 0 Å². The lowest BCUT2D eigenvalue weighted by Gasteiger charge is -2.23. The quantitative estimate of drug-likeness (QED) is 0.826. The number of esters is 1. The molecule has 4 heteroatoms. The normalized spacial score (nSPS) is 12.5. The van der Waals surface area contributed by atoms with Crippen molar-refractivity contribution in [1.82, 2.24) is 5.32 Å². The summed E-state index contributed by atoms with van der Waals surface area (Å²) in [5.74, 6) is -0.384. The number of hydrogen-bond donors (Lipinski definition) is 1. The van der Waals surface area contributed by atoms with Crippen molar-refractivity contribution in [2.45, 2.75) is 45.4 Å². The van der Waals surface area contributed by atoms with Crippen LogP contribution in [0.2, 0.25) is 0 Å². The van der Waals surface area contributed by atoms with Gasteiger partial charge in [0.05, 0.1) is 12.5 Å². The molecule has 102 valence electrons. The minimum Gasteiger partial charge on any atom is -0.459 e. The molecule has 0 aromatic heterocycles. The molecule has 0 saturated heterocycles. The molecular formula is C15H20N2O2. The average molecular weight is 260 g/mol. The highest BCUT2D eigenvalue weighted by Gasteiger charge is 2.24. The van der Waals surface area contributed by atoms with E-state index < -0.39 is 11.6 Å². The molecule has 1 aromatic rings. The molecule has 4 nitrogen and oxygen atoms in total. The molecule has 0 spiro atoms. The molecule has 1 N–H and O–H groups in total. The van der Waals surface area contributed by atoms with E-state index in [0.717, 1.165) is 5.56 Å². The Kier molecular flexibility index (Phi) is 5.53. The molecule has 1 rings (SSSR count). The Bertz CT molecular complexity index is 443. The van der Waals surface area contributed by atoms with E-state index in [4.69, 9.17) is 10.00 Å². The second kappa shape index (κ2) is 6.91. The monoisotopic (exact) mass is 260 g/mol.